The highest BCUT2D eigenvalue weighted by Gasteiger charge is 2.38. The largest absolute Gasteiger partial charge is 0.508 e. The fourth-order valence-corrected chi connectivity index (χ4v) is 3.56. The first-order chi connectivity index (χ1) is 16.5. The second kappa shape index (κ2) is 10.9. The molecule has 1 saturated heterocycles. The molecule has 3 rings (SSSR count). The zero-order chi connectivity index (χ0) is 25.6. The number of rotatable bonds is 5. The van der Waals surface area contributed by atoms with Gasteiger partial charge in [-0.2, -0.15) is 18.2 Å². The summed E-state index contributed by atoms with van der Waals surface area (Å²) in [6.45, 7) is 0.731. The third-order valence-corrected chi connectivity index (χ3v) is 5.41. The number of benzene rings is 2. The van der Waals surface area contributed by atoms with Crippen LogP contribution in [0.4, 0.5) is 23.7 Å². The number of hydrogen-bond acceptors (Lipinski definition) is 4. The molecule has 0 aromatic heterocycles. The van der Waals surface area contributed by atoms with Crippen LogP contribution >= 0.6 is 0 Å². The number of piperidine rings is 1. The first-order valence-corrected chi connectivity index (χ1v) is 10.7. The molecule has 0 spiro atoms. The van der Waals surface area contributed by atoms with Gasteiger partial charge in [0.2, 0.25) is 0 Å². The second-order valence-electron chi connectivity index (χ2n) is 7.91. The van der Waals surface area contributed by atoms with E-state index in [4.69, 9.17) is 5.73 Å². The summed E-state index contributed by atoms with van der Waals surface area (Å²) in [5.41, 5.74) is 6.31. The van der Waals surface area contributed by atoms with E-state index in [1.54, 1.807) is 4.90 Å². The monoisotopic (exact) mass is 491 g/mol. The number of nitrogens with zero attached hydrogens (tertiary/aromatic N) is 2. The van der Waals surface area contributed by atoms with Crippen LogP contribution in [-0.2, 0) is 4.79 Å². The molecule has 0 saturated carbocycles. The summed E-state index contributed by atoms with van der Waals surface area (Å²) in [6, 6.07) is 10.7. The Balaban J connectivity index is 1.60. The van der Waals surface area contributed by atoms with Gasteiger partial charge in [-0.1, -0.05) is 0 Å². The Bertz CT molecular complexity index is 1100. The predicted molar refractivity (Wildman–Crippen MR) is 122 cm³/mol. The van der Waals surface area contributed by atoms with Gasteiger partial charge in [0.15, 0.2) is 0 Å². The van der Waals surface area contributed by atoms with E-state index in [2.05, 4.69) is 15.6 Å². The van der Waals surface area contributed by atoms with Gasteiger partial charge in [-0.15, -0.1) is 0 Å². The fourth-order valence-electron chi connectivity index (χ4n) is 3.56. The van der Waals surface area contributed by atoms with Crippen LogP contribution in [0.25, 0.3) is 0 Å². The van der Waals surface area contributed by atoms with Crippen molar-refractivity contribution in [2.24, 2.45) is 10.7 Å². The average molecular weight is 491 g/mol. The number of amidine groups is 1. The van der Waals surface area contributed by atoms with Crippen LogP contribution < -0.4 is 16.4 Å². The van der Waals surface area contributed by atoms with Crippen molar-refractivity contribution < 1.29 is 32.7 Å². The number of hydrogen-bond donors (Lipinski definition) is 4. The molecule has 1 atom stereocenters. The molecule has 186 valence electrons. The molecule has 2 aromatic carbocycles. The third kappa shape index (κ3) is 6.95. The van der Waals surface area contributed by atoms with Gasteiger partial charge >= 0.3 is 18.1 Å². The van der Waals surface area contributed by atoms with Crippen molar-refractivity contribution >= 4 is 29.4 Å². The molecule has 0 radical (unpaired) electrons. The topological polar surface area (TPSA) is 137 Å². The molecule has 1 unspecified atom stereocenters. The molecule has 0 aliphatic carbocycles. The first kappa shape index (κ1) is 25.5. The number of likely N-dealkylation sites (tertiary alicyclic amines) is 1. The van der Waals surface area contributed by atoms with Gasteiger partial charge in [0.05, 0.1) is 6.04 Å². The molecular weight excluding hydrogens is 467 g/mol. The molecule has 9 nitrogen and oxygen atoms in total. The normalized spacial score (nSPS) is 16.5. The van der Waals surface area contributed by atoms with Crippen LogP contribution in [0, 0.1) is 0 Å². The van der Waals surface area contributed by atoms with Crippen molar-refractivity contribution in [3.8, 4) is 5.75 Å². The number of phenolic OH excluding ortho intramolecular Hbond substituents is 1. The Hall–Kier alpha value is -4.09. The lowest BCUT2D eigenvalue weighted by Gasteiger charge is -2.35. The van der Waals surface area contributed by atoms with Gasteiger partial charge < -0.3 is 26.4 Å². The lowest BCUT2D eigenvalue weighted by Crippen LogP contribution is -2.50. The molecule has 4 amide bonds. The number of aromatic hydroxyl groups is 1. The molecule has 12 heteroatoms. The highest BCUT2D eigenvalue weighted by atomic mass is 19.4. The third-order valence-electron chi connectivity index (χ3n) is 5.41. The van der Waals surface area contributed by atoms with E-state index >= 15 is 0 Å². The zero-order valence-corrected chi connectivity index (χ0v) is 18.5. The number of amides is 4. The molecule has 5 N–H and O–H groups in total. The number of urea groups is 1. The van der Waals surface area contributed by atoms with E-state index in [0.29, 0.717) is 24.2 Å². The number of nitrogens with one attached hydrogen (secondary N) is 2. The van der Waals surface area contributed by atoms with Crippen molar-refractivity contribution in [1.82, 2.24) is 10.2 Å². The van der Waals surface area contributed by atoms with Crippen LogP contribution in [-0.4, -0.2) is 59.0 Å². The fraction of sp³-hybridized carbons (Fsp3) is 0.304. The Morgan fingerprint density at radius 3 is 2.29 bits per heavy atom. The highest BCUT2D eigenvalue weighted by molar-refractivity contribution is 6.05. The van der Waals surface area contributed by atoms with E-state index in [0.717, 1.165) is 12.8 Å². The predicted octanol–water partition coefficient (Wildman–Crippen LogP) is 3.00. The van der Waals surface area contributed by atoms with Crippen LogP contribution in [0.15, 0.2) is 53.5 Å². The standard InChI is InChI=1S/C23H24F3N5O4/c24-23(25,26)21(34)30-19(27)14-4-8-16(9-5-14)29-22(35)31-12-2-1-3-17(31)13-28-20(33)15-6-10-18(32)11-7-15/h4-11,17,32H,1-3,12-13H2,(H,28,33)(H,29,35)(H2,27,30,34). The summed E-state index contributed by atoms with van der Waals surface area (Å²) < 4.78 is 37.0. The molecular formula is C23H24F3N5O4. The minimum Gasteiger partial charge on any atom is -0.508 e. The molecule has 1 aliphatic heterocycles. The van der Waals surface area contributed by atoms with Crippen molar-refractivity contribution in [3.05, 3.63) is 59.7 Å². The van der Waals surface area contributed by atoms with Gasteiger partial charge in [0, 0.05) is 29.9 Å². The quantitative estimate of drug-likeness (QED) is 0.376. The van der Waals surface area contributed by atoms with Gasteiger partial charge in [0.1, 0.15) is 11.6 Å². The molecule has 1 aliphatic rings. The summed E-state index contributed by atoms with van der Waals surface area (Å²) >= 11 is 0. The maximum absolute atomic E-state index is 12.9. The summed E-state index contributed by atoms with van der Waals surface area (Å²) in [7, 11) is 0. The number of carbonyl (C=O) groups excluding carboxylic acids is 3. The van der Waals surface area contributed by atoms with Crippen LogP contribution in [0.5, 0.6) is 5.75 Å². The number of halogens is 3. The SMILES string of the molecule is NC(=NC(=O)C(F)(F)F)c1ccc(NC(=O)N2CCCCC2CNC(=O)c2ccc(O)cc2)cc1. The second-order valence-corrected chi connectivity index (χ2v) is 7.91. The zero-order valence-electron chi connectivity index (χ0n) is 18.5. The van der Waals surface area contributed by atoms with Gasteiger partial charge in [-0.05, 0) is 67.8 Å². The van der Waals surface area contributed by atoms with Gasteiger partial charge in [-0.25, -0.2) is 4.79 Å². The lowest BCUT2D eigenvalue weighted by molar-refractivity contribution is -0.169. The number of nitrogens with two attached hydrogens (primary N) is 1. The van der Waals surface area contributed by atoms with Crippen molar-refractivity contribution in [3.63, 3.8) is 0 Å². The first-order valence-electron chi connectivity index (χ1n) is 10.7. The molecule has 35 heavy (non-hydrogen) atoms. The van der Waals surface area contributed by atoms with Crippen molar-refractivity contribution in [2.45, 2.75) is 31.5 Å². The number of aliphatic imine (C=N–C) groups is 1. The minimum atomic E-state index is -5.12. The smallest absolute Gasteiger partial charge is 0.473 e. The van der Waals surface area contributed by atoms with Crippen LogP contribution in [0.2, 0.25) is 0 Å². The van der Waals surface area contributed by atoms with E-state index in [9.17, 15) is 32.7 Å². The molecule has 1 heterocycles. The summed E-state index contributed by atoms with van der Waals surface area (Å²) in [5, 5.41) is 14.9. The van der Waals surface area contributed by atoms with Crippen molar-refractivity contribution in [2.75, 3.05) is 18.4 Å². The lowest BCUT2D eigenvalue weighted by atomic mass is 10.0. The molecule has 2 aromatic rings. The summed E-state index contributed by atoms with van der Waals surface area (Å²) in [5.74, 6) is -3.17. The van der Waals surface area contributed by atoms with Gasteiger partial charge in [-0.3, -0.25) is 9.59 Å². The van der Waals surface area contributed by atoms with Gasteiger partial charge in [0.25, 0.3) is 5.91 Å². The average Bonchev–Trinajstić information content (AvgIpc) is 2.83. The Labute approximate surface area is 198 Å². The van der Waals surface area contributed by atoms with E-state index in [1.807, 2.05) is 0 Å². The van der Waals surface area contributed by atoms with Crippen LogP contribution in [0.1, 0.15) is 35.2 Å². The van der Waals surface area contributed by atoms with E-state index in [-0.39, 0.29) is 29.8 Å². The summed E-state index contributed by atoms with van der Waals surface area (Å²) in [4.78, 5) is 40.6. The van der Waals surface area contributed by atoms with Crippen LogP contribution in [0.3, 0.4) is 0 Å². The minimum absolute atomic E-state index is 0.0504. The Morgan fingerprint density at radius 1 is 1.03 bits per heavy atom. The van der Waals surface area contributed by atoms with Crippen molar-refractivity contribution in [1.29, 1.82) is 0 Å². The molecule has 0 bridgehead atoms. The number of anilines is 1. The number of phenols is 1. The highest BCUT2D eigenvalue weighted by Crippen LogP contribution is 2.20. The van der Waals surface area contributed by atoms with E-state index < -0.39 is 24.0 Å². The maximum Gasteiger partial charge on any atom is 0.473 e. The van der Waals surface area contributed by atoms with E-state index in [1.165, 1.54) is 48.5 Å². The Kier molecular flexibility index (Phi) is 7.94. The summed E-state index contributed by atoms with van der Waals surface area (Å²) in [6.07, 6.45) is -2.72. The number of alkyl halides is 3. The Morgan fingerprint density at radius 2 is 1.66 bits per heavy atom. The molecule has 1 fully saturated rings. The maximum atomic E-state index is 12.9. The number of carbonyl (C=O) groups is 3.